The van der Waals surface area contributed by atoms with Crippen LogP contribution in [0.1, 0.15) is 163 Å². The lowest BCUT2D eigenvalue weighted by atomic mass is 9.78. The van der Waals surface area contributed by atoms with E-state index >= 15 is 0 Å². The number of aryl methyl sites for hydroxylation is 2. The molecule has 3 aliphatic carbocycles. The zero-order valence-corrected chi connectivity index (χ0v) is 43.9. The summed E-state index contributed by atoms with van der Waals surface area (Å²) in [6.07, 6.45) is 22.8. The number of rotatable bonds is 6. The SMILES string of the molecule is CC(=O)O[C@@H]1CCc2cc(c(O)c3c2CC[C@H]2CCC[C@H]2O3)CN2C[C@](Cc3ccnc(N)c3)(CCN=C(N)N[C@]3(CCCC34CCCC4)SSC[C@@H](CCc3ccccc3)CCCC[C@H](O)C1)CC2=O. The van der Waals surface area contributed by atoms with Gasteiger partial charge in [0.25, 0.3) is 0 Å². The number of hydrogen-bond acceptors (Lipinski definition) is 13. The lowest BCUT2D eigenvalue weighted by Crippen LogP contribution is -2.55. The van der Waals surface area contributed by atoms with Crippen LogP contribution >= 0.6 is 21.6 Å². The molecule has 1 saturated heterocycles. The highest BCUT2D eigenvalue weighted by atomic mass is 33.1. The summed E-state index contributed by atoms with van der Waals surface area (Å²) in [5, 5.41) is 27.7. The summed E-state index contributed by atoms with van der Waals surface area (Å²) in [5.41, 5.74) is 18.0. The third kappa shape index (κ3) is 12.6. The Balaban J connectivity index is 1.03. The van der Waals surface area contributed by atoms with Gasteiger partial charge in [-0.05, 0) is 162 Å². The van der Waals surface area contributed by atoms with Gasteiger partial charge in [-0.2, -0.15) is 0 Å². The Labute approximate surface area is 430 Å². The quantitative estimate of drug-likeness (QED) is 0.116. The molecule has 71 heavy (non-hydrogen) atoms. The summed E-state index contributed by atoms with van der Waals surface area (Å²) < 4.78 is 12.7. The fourth-order valence-electron chi connectivity index (χ4n) is 13.7. The van der Waals surface area contributed by atoms with Gasteiger partial charge in [-0.15, -0.1) is 0 Å². The number of carbonyl (C=O) groups excluding carboxylic acids is 2. The highest BCUT2D eigenvalue weighted by Crippen LogP contribution is 2.63. The van der Waals surface area contributed by atoms with E-state index in [-0.39, 0.29) is 40.6 Å². The van der Waals surface area contributed by atoms with E-state index in [2.05, 4.69) is 46.7 Å². The van der Waals surface area contributed by atoms with Crippen LogP contribution in [0.4, 0.5) is 5.82 Å². The number of aliphatic hydroxyl groups excluding tert-OH is 1. The van der Waals surface area contributed by atoms with Crippen molar-refractivity contribution < 1.29 is 29.3 Å². The van der Waals surface area contributed by atoms with Crippen molar-refractivity contribution in [3.63, 3.8) is 0 Å². The molecule has 4 bridgehead atoms. The number of aromatic nitrogens is 1. The maximum absolute atomic E-state index is 14.4. The van der Waals surface area contributed by atoms with Crippen molar-refractivity contribution in [2.75, 3.05) is 24.6 Å². The Hall–Kier alpha value is -4.14. The van der Waals surface area contributed by atoms with Crippen molar-refractivity contribution in [1.29, 1.82) is 0 Å². The predicted octanol–water partition coefficient (Wildman–Crippen LogP) is 10.4. The van der Waals surface area contributed by atoms with Crippen LogP contribution in [0, 0.1) is 22.7 Å². The maximum Gasteiger partial charge on any atom is 0.302 e. The number of guanidine groups is 1. The number of benzene rings is 2. The second kappa shape index (κ2) is 23.4. The number of pyridine rings is 1. The van der Waals surface area contributed by atoms with Gasteiger partial charge in [-0.3, -0.25) is 14.6 Å². The summed E-state index contributed by atoms with van der Waals surface area (Å²) in [6.45, 7) is 2.62. The number of nitrogens with one attached hydrogen (secondary N) is 1. The lowest BCUT2D eigenvalue weighted by Gasteiger charge is -2.44. The maximum atomic E-state index is 14.4. The van der Waals surface area contributed by atoms with Crippen molar-refractivity contribution in [2.24, 2.45) is 33.4 Å². The Kier molecular flexibility index (Phi) is 17.0. The summed E-state index contributed by atoms with van der Waals surface area (Å²) in [6, 6.07) is 16.8. The van der Waals surface area contributed by atoms with Gasteiger partial charge >= 0.3 is 5.97 Å². The number of phenols is 1. The molecular formula is C57H80N6O6S2. The summed E-state index contributed by atoms with van der Waals surface area (Å²) in [7, 11) is 4.02. The van der Waals surface area contributed by atoms with E-state index in [9.17, 15) is 19.8 Å². The van der Waals surface area contributed by atoms with E-state index in [1.807, 2.05) is 38.6 Å². The van der Waals surface area contributed by atoms with Crippen LogP contribution in [0.2, 0.25) is 0 Å². The molecule has 1 amide bonds. The number of ether oxygens (including phenoxy) is 2. The van der Waals surface area contributed by atoms with Gasteiger partial charge in [-0.25, -0.2) is 4.98 Å². The van der Waals surface area contributed by atoms with E-state index in [0.717, 1.165) is 99.5 Å². The largest absolute Gasteiger partial charge is 0.504 e. The summed E-state index contributed by atoms with van der Waals surface area (Å²) in [5.74, 6) is 3.24. The number of nitrogens with two attached hydrogens (primary N) is 2. The highest BCUT2D eigenvalue weighted by Gasteiger charge is 2.57. The number of phenolic OH excluding ortho intramolecular Hbond substituents is 1. The van der Waals surface area contributed by atoms with Crippen LogP contribution in [0.5, 0.6) is 11.5 Å². The first-order valence-electron chi connectivity index (χ1n) is 27.2. The Bertz CT molecular complexity index is 2320. The topological polar surface area (TPSA) is 186 Å². The van der Waals surface area contributed by atoms with Crippen LogP contribution in [0.3, 0.4) is 0 Å². The van der Waals surface area contributed by atoms with Crippen LogP contribution in [0.25, 0.3) is 0 Å². The molecule has 0 radical (unpaired) electrons. The van der Waals surface area contributed by atoms with E-state index in [4.69, 9.17) is 25.9 Å². The Morgan fingerprint density at radius 1 is 0.915 bits per heavy atom. The normalized spacial score (nSPS) is 29.9. The molecule has 14 heteroatoms. The van der Waals surface area contributed by atoms with Crippen molar-refractivity contribution >= 4 is 45.2 Å². The predicted molar refractivity (Wildman–Crippen MR) is 286 cm³/mol. The van der Waals surface area contributed by atoms with Gasteiger partial charge < -0.3 is 41.4 Å². The zero-order valence-electron chi connectivity index (χ0n) is 42.2. The second-order valence-corrected chi connectivity index (χ2v) is 25.1. The van der Waals surface area contributed by atoms with E-state index < -0.39 is 17.6 Å². The summed E-state index contributed by atoms with van der Waals surface area (Å²) >= 11 is 0. The molecule has 3 aromatic rings. The fourth-order valence-corrected chi connectivity index (χ4v) is 17.6. The van der Waals surface area contributed by atoms with E-state index in [1.165, 1.54) is 44.6 Å². The minimum absolute atomic E-state index is 0.0274. The summed E-state index contributed by atoms with van der Waals surface area (Å²) in [4.78, 5) is 38.0. The molecule has 2 spiro atoms. The number of aliphatic hydroxyl groups is 1. The van der Waals surface area contributed by atoms with Crippen molar-refractivity contribution in [1.82, 2.24) is 15.2 Å². The van der Waals surface area contributed by atoms with Gasteiger partial charge in [-0.1, -0.05) is 77.6 Å². The van der Waals surface area contributed by atoms with Crippen LogP contribution < -0.4 is 21.5 Å². The molecule has 3 aliphatic heterocycles. The third-order valence-corrected chi connectivity index (χ3v) is 20.8. The van der Waals surface area contributed by atoms with Crippen LogP contribution in [-0.2, 0) is 46.6 Å². The lowest BCUT2D eigenvalue weighted by molar-refractivity contribution is -0.148. The third-order valence-electron chi connectivity index (χ3n) is 17.4. The van der Waals surface area contributed by atoms with Gasteiger partial charge in [0.1, 0.15) is 22.9 Å². The molecule has 4 heterocycles. The molecule has 1 aromatic heterocycles. The molecule has 9 rings (SSSR count). The Morgan fingerprint density at radius 2 is 1.73 bits per heavy atom. The molecule has 7 N–H and O–H groups in total. The van der Waals surface area contributed by atoms with Crippen molar-refractivity contribution in [3.8, 4) is 11.5 Å². The smallest absolute Gasteiger partial charge is 0.302 e. The first-order chi connectivity index (χ1) is 34.4. The van der Waals surface area contributed by atoms with Crippen molar-refractivity contribution in [2.45, 2.75) is 191 Å². The number of carbonyl (C=O) groups is 2. The van der Waals surface area contributed by atoms with E-state index in [1.54, 1.807) is 6.20 Å². The Morgan fingerprint density at radius 3 is 2.55 bits per heavy atom. The minimum atomic E-state index is -0.603. The number of amides is 1. The average molecular weight is 1010 g/mol. The molecular weight excluding hydrogens is 929 g/mol. The first kappa shape index (κ1) is 51.7. The number of fused-ring (bicyclic) bond motifs is 8. The average Bonchev–Trinajstić information content (AvgIpc) is 4.12. The number of aliphatic imine (C=N–C) groups is 1. The number of hydrogen-bond donors (Lipinski definition) is 5. The van der Waals surface area contributed by atoms with Gasteiger partial charge in [0, 0.05) is 73.3 Å². The molecule has 386 valence electrons. The fraction of sp³-hybridized carbons (Fsp3) is 0.649. The molecule has 7 atom stereocenters. The molecule has 4 fully saturated rings. The molecule has 6 aliphatic rings. The van der Waals surface area contributed by atoms with Crippen LogP contribution in [0.15, 0.2) is 59.7 Å². The number of nitrogen functional groups attached to an aromatic ring is 1. The molecule has 12 nitrogen and oxygen atoms in total. The second-order valence-electron chi connectivity index (χ2n) is 22.4. The van der Waals surface area contributed by atoms with E-state index in [0.29, 0.717) is 93.0 Å². The number of nitrogens with zero attached hydrogens (tertiary/aromatic N) is 3. The van der Waals surface area contributed by atoms with Gasteiger partial charge in [0.15, 0.2) is 17.5 Å². The van der Waals surface area contributed by atoms with Crippen molar-refractivity contribution in [3.05, 3.63) is 82.5 Å². The molecule has 3 saturated carbocycles. The minimum Gasteiger partial charge on any atom is -0.504 e. The highest BCUT2D eigenvalue weighted by molar-refractivity contribution is 8.77. The van der Waals surface area contributed by atoms with Gasteiger partial charge in [0.05, 0.1) is 6.10 Å². The molecule has 2 aromatic carbocycles. The number of anilines is 1. The van der Waals surface area contributed by atoms with Gasteiger partial charge in [0.2, 0.25) is 5.91 Å². The standard InChI is InChI=1S/C57H80N6O6S2/c1-39(64)68-47-21-19-44-32-45(52(67)53-48(44)22-20-43-14-9-16-49(43)69-53)36-63-38-55(35-51(63)66,34-42-23-29-60-50(58)31-42)28-30-61-54(59)62-57(27-10-26-56(57)24-7-8-25-56)71-70-37-41(13-5-6-15-46(65)33-47)18-17-40-11-3-2-4-12-40/h2-4,11-12,23,29,31-32,41,43,46-47,49,65,67H,5-10,13-22,24-28,30,33-38H2,1H3,(H2,58,60)(H3,59,61,62)/t41-,43-,46+,47-,49-,55+,57-/m1/s1. The number of aromatic hydroxyl groups is 1. The van der Waals surface area contributed by atoms with Crippen LogP contribution in [-0.4, -0.2) is 80.0 Å². The first-order valence-corrected chi connectivity index (χ1v) is 29.5. The monoisotopic (exact) mass is 1010 g/mol. The zero-order chi connectivity index (χ0) is 49.4. The number of esters is 1. The molecule has 0 unspecified atom stereocenters.